The maximum absolute atomic E-state index is 11.1. The van der Waals surface area contributed by atoms with E-state index in [1.54, 1.807) is 12.1 Å². The van der Waals surface area contributed by atoms with E-state index in [0.29, 0.717) is 17.0 Å². The first-order valence-corrected chi connectivity index (χ1v) is 4.51. The van der Waals surface area contributed by atoms with Crippen LogP contribution in [0.4, 0.5) is 5.69 Å². The van der Waals surface area contributed by atoms with Gasteiger partial charge in [-0.25, -0.2) is 0 Å². The molecule has 0 unspecified atom stereocenters. The highest BCUT2D eigenvalue weighted by Crippen LogP contribution is 2.25. The zero-order valence-electron chi connectivity index (χ0n) is 7.71. The number of carbonyl (C=O) groups excluding carboxylic acids is 2. The molecule has 0 aliphatic rings. The lowest BCUT2D eigenvalue weighted by molar-refractivity contribution is -0.119. The Labute approximate surface area is 87.1 Å². The van der Waals surface area contributed by atoms with Gasteiger partial charge in [-0.05, 0) is 18.6 Å². The monoisotopic (exact) mass is 211 g/mol. The van der Waals surface area contributed by atoms with Crippen LogP contribution >= 0.6 is 11.6 Å². The van der Waals surface area contributed by atoms with Gasteiger partial charge in [0, 0.05) is 0 Å². The predicted molar refractivity (Wildman–Crippen MR) is 55.5 cm³/mol. The topological polar surface area (TPSA) is 46.2 Å². The highest BCUT2D eigenvalue weighted by atomic mass is 35.5. The summed E-state index contributed by atoms with van der Waals surface area (Å²) in [6.45, 7) is 1.84. The molecule has 0 saturated carbocycles. The van der Waals surface area contributed by atoms with Crippen LogP contribution in [0.3, 0.4) is 0 Å². The summed E-state index contributed by atoms with van der Waals surface area (Å²) in [5.41, 5.74) is 1.44. The highest BCUT2D eigenvalue weighted by Gasteiger charge is 2.06. The first-order valence-electron chi connectivity index (χ1n) is 4.13. The molecule has 0 aromatic heterocycles. The van der Waals surface area contributed by atoms with Gasteiger partial charge < -0.3 is 10.1 Å². The number of nitrogens with one attached hydrogen (secondary N) is 1. The quantitative estimate of drug-likeness (QED) is 0.615. The number of amides is 1. The third-order valence-corrected chi connectivity index (χ3v) is 2.07. The molecule has 0 heterocycles. The third-order valence-electron chi connectivity index (χ3n) is 1.76. The lowest BCUT2D eigenvalue weighted by Crippen LogP contribution is -2.12. The molecule has 0 fully saturated rings. The molecule has 4 heteroatoms. The average molecular weight is 212 g/mol. The van der Waals surface area contributed by atoms with Gasteiger partial charge in [0.2, 0.25) is 5.91 Å². The summed E-state index contributed by atoms with van der Waals surface area (Å²) in [6, 6.07) is 5.32. The zero-order valence-corrected chi connectivity index (χ0v) is 8.47. The van der Waals surface area contributed by atoms with Gasteiger partial charge in [-0.15, -0.1) is 0 Å². The molecule has 3 nitrogen and oxygen atoms in total. The van der Waals surface area contributed by atoms with Crippen LogP contribution in [0.5, 0.6) is 0 Å². The molecule has 1 rings (SSSR count). The molecule has 0 radical (unpaired) electrons. The molecule has 74 valence electrons. The van der Waals surface area contributed by atoms with E-state index in [0.717, 1.165) is 5.56 Å². The van der Waals surface area contributed by atoms with Crippen molar-refractivity contribution in [3.05, 3.63) is 28.8 Å². The molecule has 0 bridgehead atoms. The van der Waals surface area contributed by atoms with Crippen LogP contribution in [0, 0.1) is 6.92 Å². The molecular weight excluding hydrogens is 202 g/mol. The van der Waals surface area contributed by atoms with Crippen LogP contribution in [0.2, 0.25) is 5.02 Å². The lowest BCUT2D eigenvalue weighted by Gasteiger charge is -2.08. The van der Waals surface area contributed by atoms with Crippen molar-refractivity contribution in [1.29, 1.82) is 0 Å². The minimum absolute atomic E-state index is 0.148. The number of hydrogen-bond donors (Lipinski definition) is 1. The van der Waals surface area contributed by atoms with Crippen molar-refractivity contribution >= 4 is 29.5 Å². The lowest BCUT2D eigenvalue weighted by atomic mass is 10.2. The molecule has 0 saturated heterocycles. The minimum atomic E-state index is -0.351. The van der Waals surface area contributed by atoms with E-state index in [-0.39, 0.29) is 12.3 Å². The van der Waals surface area contributed by atoms with E-state index < -0.39 is 0 Å². The van der Waals surface area contributed by atoms with Gasteiger partial charge in [0.15, 0.2) is 0 Å². The molecule has 0 aliphatic carbocycles. The molecule has 1 aromatic rings. The first kappa shape index (κ1) is 10.7. The van der Waals surface area contributed by atoms with Gasteiger partial charge in [-0.2, -0.15) is 0 Å². The summed E-state index contributed by atoms with van der Waals surface area (Å²) in [5.74, 6) is -0.351. The second-order valence-corrected chi connectivity index (χ2v) is 3.26. The fraction of sp³-hybridized carbons (Fsp3) is 0.200. The summed E-state index contributed by atoms with van der Waals surface area (Å²) >= 11 is 5.87. The molecule has 1 N–H and O–H groups in total. The van der Waals surface area contributed by atoms with E-state index >= 15 is 0 Å². The summed E-state index contributed by atoms with van der Waals surface area (Å²) in [5, 5.41) is 3.05. The number of rotatable bonds is 3. The Kier molecular flexibility index (Phi) is 3.65. The van der Waals surface area contributed by atoms with Gasteiger partial charge >= 0.3 is 0 Å². The Morgan fingerprint density at radius 1 is 1.57 bits per heavy atom. The van der Waals surface area contributed by atoms with Gasteiger partial charge in [0.1, 0.15) is 6.29 Å². The smallest absolute Gasteiger partial charge is 0.231 e. The van der Waals surface area contributed by atoms with Crippen LogP contribution in [0.25, 0.3) is 0 Å². The summed E-state index contributed by atoms with van der Waals surface area (Å²) in [7, 11) is 0. The Bertz CT molecular complexity index is 343. The number of para-hydroxylation sites is 1. The third kappa shape index (κ3) is 2.57. The Morgan fingerprint density at radius 3 is 2.86 bits per heavy atom. The average Bonchev–Trinajstić information content (AvgIpc) is 2.12. The Balaban J connectivity index is 2.85. The van der Waals surface area contributed by atoms with Crippen LogP contribution < -0.4 is 5.32 Å². The molecular formula is C10H10ClNO2. The number of aryl methyl sites for hydroxylation is 1. The van der Waals surface area contributed by atoms with Crippen molar-refractivity contribution in [3.8, 4) is 0 Å². The zero-order chi connectivity index (χ0) is 10.6. The van der Waals surface area contributed by atoms with Gasteiger partial charge in [-0.1, -0.05) is 23.7 Å². The normalized spacial score (nSPS) is 9.57. The largest absolute Gasteiger partial charge is 0.324 e. The molecule has 0 aliphatic heterocycles. The van der Waals surface area contributed by atoms with Gasteiger partial charge in [-0.3, -0.25) is 4.79 Å². The van der Waals surface area contributed by atoms with Gasteiger partial charge in [0.25, 0.3) is 0 Å². The predicted octanol–water partition coefficient (Wildman–Crippen LogP) is 2.18. The van der Waals surface area contributed by atoms with Crippen LogP contribution in [-0.4, -0.2) is 12.2 Å². The number of hydrogen-bond acceptors (Lipinski definition) is 2. The second-order valence-electron chi connectivity index (χ2n) is 2.85. The minimum Gasteiger partial charge on any atom is -0.324 e. The van der Waals surface area contributed by atoms with Crippen LogP contribution in [0.1, 0.15) is 12.0 Å². The fourth-order valence-electron chi connectivity index (χ4n) is 1.06. The maximum atomic E-state index is 11.1. The summed E-state index contributed by atoms with van der Waals surface area (Å²) in [6.07, 6.45) is 0.409. The number of aldehydes is 1. The van der Waals surface area contributed by atoms with E-state index in [9.17, 15) is 9.59 Å². The number of halogens is 1. The van der Waals surface area contributed by atoms with Crippen molar-refractivity contribution < 1.29 is 9.59 Å². The SMILES string of the molecule is Cc1cccc(Cl)c1NC(=O)CC=O. The maximum Gasteiger partial charge on any atom is 0.231 e. The van der Waals surface area contributed by atoms with E-state index in [4.69, 9.17) is 11.6 Å². The van der Waals surface area contributed by atoms with Crippen molar-refractivity contribution in [1.82, 2.24) is 0 Å². The highest BCUT2D eigenvalue weighted by molar-refractivity contribution is 6.34. The molecule has 1 amide bonds. The van der Waals surface area contributed by atoms with Crippen LogP contribution in [0.15, 0.2) is 18.2 Å². The first-order chi connectivity index (χ1) is 6.65. The van der Waals surface area contributed by atoms with Crippen molar-refractivity contribution in [2.75, 3.05) is 5.32 Å². The van der Waals surface area contributed by atoms with Crippen LogP contribution in [-0.2, 0) is 9.59 Å². The molecule has 14 heavy (non-hydrogen) atoms. The Morgan fingerprint density at radius 2 is 2.29 bits per heavy atom. The fourth-order valence-corrected chi connectivity index (χ4v) is 1.33. The second kappa shape index (κ2) is 4.77. The summed E-state index contributed by atoms with van der Waals surface area (Å²) in [4.78, 5) is 21.2. The standard InChI is InChI=1S/C10H10ClNO2/c1-7-3-2-4-8(11)10(7)12-9(14)5-6-13/h2-4,6H,5H2,1H3,(H,12,14). The molecule has 0 spiro atoms. The molecule has 1 aromatic carbocycles. The van der Waals surface area contributed by atoms with Crippen molar-refractivity contribution in [2.45, 2.75) is 13.3 Å². The van der Waals surface area contributed by atoms with E-state index in [2.05, 4.69) is 5.32 Å². The number of benzene rings is 1. The van der Waals surface area contributed by atoms with Crippen molar-refractivity contribution in [2.24, 2.45) is 0 Å². The number of anilines is 1. The summed E-state index contributed by atoms with van der Waals surface area (Å²) < 4.78 is 0. The van der Waals surface area contributed by atoms with E-state index in [1.807, 2.05) is 13.0 Å². The van der Waals surface area contributed by atoms with E-state index in [1.165, 1.54) is 0 Å². The number of carbonyl (C=O) groups is 2. The van der Waals surface area contributed by atoms with Gasteiger partial charge in [0.05, 0.1) is 17.1 Å². The Hall–Kier alpha value is -1.35. The molecule has 0 atom stereocenters. The van der Waals surface area contributed by atoms with Crippen molar-refractivity contribution in [3.63, 3.8) is 0 Å².